The van der Waals surface area contributed by atoms with E-state index in [-0.39, 0.29) is 12.1 Å². The minimum Gasteiger partial charge on any atom is -0.366 e. The van der Waals surface area contributed by atoms with E-state index in [0.717, 1.165) is 5.56 Å². The highest BCUT2D eigenvalue weighted by Crippen LogP contribution is 2.05. The number of benzene rings is 1. The van der Waals surface area contributed by atoms with Crippen LogP contribution in [0.15, 0.2) is 42.5 Å². The summed E-state index contributed by atoms with van der Waals surface area (Å²) in [6, 6.07) is 9.77. The fraction of sp³-hybridized carbons (Fsp3) is 0.438. The second-order valence-corrected chi connectivity index (χ2v) is 4.38. The van der Waals surface area contributed by atoms with Crippen LogP contribution in [0.5, 0.6) is 0 Å². The van der Waals surface area contributed by atoms with Crippen LogP contribution in [0.25, 0.3) is 0 Å². The summed E-state index contributed by atoms with van der Waals surface area (Å²) < 4.78 is 15.6. The Kier molecular flexibility index (Phi) is 7.80. The second-order valence-electron chi connectivity index (χ2n) is 4.38. The fourth-order valence-electron chi connectivity index (χ4n) is 1.60. The average molecular weight is 278 g/mol. The summed E-state index contributed by atoms with van der Waals surface area (Å²) >= 11 is 0. The molecule has 0 radical (unpaired) electrons. The van der Waals surface area contributed by atoms with Gasteiger partial charge in [0, 0.05) is 20.6 Å². The molecule has 1 rings (SSSR count). The average Bonchev–Trinajstić information content (AvgIpc) is 2.50. The van der Waals surface area contributed by atoms with Crippen molar-refractivity contribution in [2.75, 3.05) is 14.2 Å². The Morgan fingerprint density at radius 3 is 2.45 bits per heavy atom. The number of hydrogen-bond donors (Lipinski definition) is 0. The molecule has 0 spiro atoms. The van der Waals surface area contributed by atoms with Crippen LogP contribution in [0.1, 0.15) is 18.9 Å². The van der Waals surface area contributed by atoms with Crippen molar-refractivity contribution in [2.45, 2.75) is 32.3 Å². The van der Waals surface area contributed by atoms with Crippen LogP contribution < -0.4 is 0 Å². The number of carbonyl (C=O) groups excluding carboxylic acids is 1. The molecule has 0 bridgehead atoms. The molecule has 0 saturated heterocycles. The van der Waals surface area contributed by atoms with Gasteiger partial charge in [0.2, 0.25) is 0 Å². The van der Waals surface area contributed by atoms with E-state index in [1.165, 1.54) is 6.08 Å². The van der Waals surface area contributed by atoms with Gasteiger partial charge in [0.1, 0.15) is 6.10 Å². The standard InChI is InChI=1S/C16H22O4/c1-13(20-12-14-8-5-4-6-9-14)15(17)10-7-11-16(18-2)19-3/h4-10,13,16H,11-12H2,1-3H3/b10-7-/t13-/m0/s1. The third kappa shape index (κ3) is 6.10. The van der Waals surface area contributed by atoms with Crippen LogP contribution in [0, 0.1) is 0 Å². The first kappa shape index (κ1) is 16.6. The summed E-state index contributed by atoms with van der Waals surface area (Å²) in [7, 11) is 3.13. The number of hydrogen-bond acceptors (Lipinski definition) is 4. The van der Waals surface area contributed by atoms with Crippen LogP contribution in [-0.2, 0) is 25.6 Å². The number of rotatable bonds is 9. The maximum Gasteiger partial charge on any atom is 0.183 e. The van der Waals surface area contributed by atoms with Gasteiger partial charge in [-0.2, -0.15) is 0 Å². The maximum atomic E-state index is 11.8. The normalized spacial score (nSPS) is 13.0. The van der Waals surface area contributed by atoms with Gasteiger partial charge in [-0.15, -0.1) is 0 Å². The molecule has 4 heteroatoms. The molecule has 0 aliphatic carbocycles. The molecular formula is C16H22O4. The van der Waals surface area contributed by atoms with Crippen molar-refractivity contribution in [1.82, 2.24) is 0 Å². The summed E-state index contributed by atoms with van der Waals surface area (Å²) in [5.41, 5.74) is 1.05. The van der Waals surface area contributed by atoms with Gasteiger partial charge >= 0.3 is 0 Å². The van der Waals surface area contributed by atoms with Gasteiger partial charge < -0.3 is 14.2 Å². The number of ether oxygens (including phenoxy) is 3. The first-order valence-corrected chi connectivity index (χ1v) is 6.59. The molecule has 0 N–H and O–H groups in total. The molecule has 0 aliphatic rings. The Morgan fingerprint density at radius 1 is 1.20 bits per heavy atom. The SMILES string of the molecule is COC(C/C=C\C(=O)[C@H](C)OCc1ccccc1)OC. The molecular weight excluding hydrogens is 256 g/mol. The minimum absolute atomic E-state index is 0.0631. The third-order valence-corrected chi connectivity index (χ3v) is 2.88. The van der Waals surface area contributed by atoms with E-state index in [1.807, 2.05) is 30.3 Å². The van der Waals surface area contributed by atoms with Crippen molar-refractivity contribution in [3.05, 3.63) is 48.0 Å². The first-order valence-electron chi connectivity index (χ1n) is 6.59. The van der Waals surface area contributed by atoms with Crippen LogP contribution in [0.2, 0.25) is 0 Å². The quantitative estimate of drug-likeness (QED) is 0.514. The third-order valence-electron chi connectivity index (χ3n) is 2.88. The van der Waals surface area contributed by atoms with Crippen molar-refractivity contribution in [2.24, 2.45) is 0 Å². The molecule has 110 valence electrons. The predicted molar refractivity (Wildman–Crippen MR) is 77.3 cm³/mol. The van der Waals surface area contributed by atoms with Gasteiger partial charge in [-0.1, -0.05) is 36.4 Å². The van der Waals surface area contributed by atoms with E-state index >= 15 is 0 Å². The Hall–Kier alpha value is -1.49. The number of ketones is 1. The highest BCUT2D eigenvalue weighted by Gasteiger charge is 2.10. The van der Waals surface area contributed by atoms with E-state index in [4.69, 9.17) is 14.2 Å². The van der Waals surface area contributed by atoms with Gasteiger partial charge in [-0.3, -0.25) is 4.79 Å². The van der Waals surface area contributed by atoms with Crippen molar-refractivity contribution >= 4 is 5.78 Å². The lowest BCUT2D eigenvalue weighted by Gasteiger charge is -2.11. The topological polar surface area (TPSA) is 44.8 Å². The Balaban J connectivity index is 2.33. The van der Waals surface area contributed by atoms with Crippen molar-refractivity contribution in [3.63, 3.8) is 0 Å². The van der Waals surface area contributed by atoms with Gasteiger partial charge in [0.05, 0.1) is 6.61 Å². The van der Waals surface area contributed by atoms with E-state index < -0.39 is 6.10 Å². The maximum absolute atomic E-state index is 11.8. The lowest BCUT2D eigenvalue weighted by Crippen LogP contribution is -2.18. The molecule has 0 amide bonds. The molecule has 0 aliphatic heterocycles. The van der Waals surface area contributed by atoms with Gasteiger partial charge in [-0.25, -0.2) is 0 Å². The zero-order valence-electron chi connectivity index (χ0n) is 12.2. The molecule has 0 aromatic heterocycles. The predicted octanol–water partition coefficient (Wildman–Crippen LogP) is 2.73. The van der Waals surface area contributed by atoms with Crippen LogP contribution in [0.3, 0.4) is 0 Å². The lowest BCUT2D eigenvalue weighted by atomic mass is 10.2. The molecule has 0 unspecified atom stereocenters. The van der Waals surface area contributed by atoms with Crippen molar-refractivity contribution in [3.8, 4) is 0 Å². The lowest BCUT2D eigenvalue weighted by molar-refractivity contribution is -0.125. The fourth-order valence-corrected chi connectivity index (χ4v) is 1.60. The van der Waals surface area contributed by atoms with Crippen LogP contribution in [-0.4, -0.2) is 32.4 Å². The smallest absolute Gasteiger partial charge is 0.183 e. The van der Waals surface area contributed by atoms with Crippen LogP contribution in [0.4, 0.5) is 0 Å². The zero-order valence-corrected chi connectivity index (χ0v) is 12.2. The Morgan fingerprint density at radius 2 is 1.85 bits per heavy atom. The molecule has 20 heavy (non-hydrogen) atoms. The van der Waals surface area contributed by atoms with Gasteiger partial charge in [0.25, 0.3) is 0 Å². The van der Waals surface area contributed by atoms with E-state index in [0.29, 0.717) is 13.0 Å². The molecule has 0 heterocycles. The van der Waals surface area contributed by atoms with Gasteiger partial charge in [0.15, 0.2) is 12.1 Å². The number of carbonyl (C=O) groups is 1. The van der Waals surface area contributed by atoms with E-state index in [2.05, 4.69) is 0 Å². The molecule has 1 aromatic rings. The molecule has 1 atom stereocenters. The number of methoxy groups -OCH3 is 2. The highest BCUT2D eigenvalue weighted by atomic mass is 16.7. The van der Waals surface area contributed by atoms with Crippen LogP contribution >= 0.6 is 0 Å². The Labute approximate surface area is 120 Å². The van der Waals surface area contributed by atoms with E-state index in [1.54, 1.807) is 27.2 Å². The first-order chi connectivity index (χ1) is 9.67. The Bertz CT molecular complexity index is 410. The second kappa shape index (κ2) is 9.42. The summed E-state index contributed by atoms with van der Waals surface area (Å²) in [6.07, 6.45) is 3.00. The monoisotopic (exact) mass is 278 g/mol. The molecule has 0 fully saturated rings. The van der Waals surface area contributed by atoms with Crippen molar-refractivity contribution < 1.29 is 19.0 Å². The minimum atomic E-state index is -0.463. The van der Waals surface area contributed by atoms with E-state index in [9.17, 15) is 4.79 Å². The summed E-state index contributed by atoms with van der Waals surface area (Å²) in [6.45, 7) is 2.18. The molecule has 1 aromatic carbocycles. The van der Waals surface area contributed by atoms with Gasteiger partial charge in [-0.05, 0) is 18.6 Å². The molecule has 0 saturated carbocycles. The summed E-state index contributed by atoms with van der Waals surface area (Å²) in [5.74, 6) is -0.0631. The zero-order chi connectivity index (χ0) is 14.8. The molecule has 4 nitrogen and oxygen atoms in total. The summed E-state index contributed by atoms with van der Waals surface area (Å²) in [5, 5.41) is 0. The largest absolute Gasteiger partial charge is 0.366 e. The summed E-state index contributed by atoms with van der Waals surface area (Å²) in [4.78, 5) is 11.8. The van der Waals surface area contributed by atoms with Crippen molar-refractivity contribution in [1.29, 1.82) is 0 Å². The highest BCUT2D eigenvalue weighted by molar-refractivity contribution is 5.93.